The van der Waals surface area contributed by atoms with Gasteiger partial charge in [0.05, 0.1) is 0 Å². The highest BCUT2D eigenvalue weighted by Crippen LogP contribution is 2.37. The van der Waals surface area contributed by atoms with E-state index in [1.165, 1.54) is 0 Å². The van der Waals surface area contributed by atoms with Gasteiger partial charge in [0.25, 0.3) is 5.56 Å². The number of hydrogen-bond donors (Lipinski definition) is 3. The minimum Gasteiger partial charge on any atom is -0.454 e. The van der Waals surface area contributed by atoms with Crippen LogP contribution in [0.4, 0.5) is 0 Å². The molecule has 0 saturated heterocycles. The molecule has 21 heavy (non-hydrogen) atoms. The lowest BCUT2D eigenvalue weighted by molar-refractivity contribution is -0.118. The first-order valence-corrected chi connectivity index (χ1v) is 6.51. The number of carbonyl (C=O) groups excluding carboxylic acids is 1. The third kappa shape index (κ3) is 2.37. The van der Waals surface area contributed by atoms with Crippen molar-refractivity contribution in [2.45, 2.75) is 19.3 Å². The Balaban J connectivity index is 2.08. The van der Waals surface area contributed by atoms with Crippen LogP contribution < -0.4 is 20.8 Å². The zero-order chi connectivity index (χ0) is 15.0. The summed E-state index contributed by atoms with van der Waals surface area (Å²) >= 11 is 0. The van der Waals surface area contributed by atoms with Crippen molar-refractivity contribution in [1.82, 2.24) is 10.2 Å². The van der Waals surface area contributed by atoms with Gasteiger partial charge < -0.3 is 20.3 Å². The summed E-state index contributed by atoms with van der Waals surface area (Å²) in [5.41, 5.74) is 7.05. The van der Waals surface area contributed by atoms with Crippen LogP contribution in [0.25, 0.3) is 0 Å². The second-order valence-corrected chi connectivity index (χ2v) is 4.95. The number of rotatable bonds is 4. The van der Waals surface area contributed by atoms with Gasteiger partial charge in [0, 0.05) is 23.6 Å². The first-order valence-electron chi connectivity index (χ1n) is 6.51. The van der Waals surface area contributed by atoms with Crippen LogP contribution in [-0.2, 0) is 4.79 Å². The highest BCUT2D eigenvalue weighted by atomic mass is 16.7. The number of primary amides is 1. The molecular formula is C14H15N3O4. The lowest BCUT2D eigenvalue weighted by atomic mass is 9.88. The third-order valence-electron chi connectivity index (χ3n) is 3.56. The molecule has 7 heteroatoms. The van der Waals surface area contributed by atoms with E-state index in [2.05, 4.69) is 10.2 Å². The van der Waals surface area contributed by atoms with Crippen LogP contribution in [0, 0.1) is 6.92 Å². The van der Waals surface area contributed by atoms with Crippen LogP contribution >= 0.6 is 0 Å². The number of nitrogens with one attached hydrogen (secondary N) is 2. The average Bonchev–Trinajstić information content (AvgIpc) is 3.02. The molecule has 1 amide bonds. The van der Waals surface area contributed by atoms with E-state index in [-0.39, 0.29) is 18.8 Å². The molecule has 1 atom stereocenters. The Morgan fingerprint density at radius 2 is 2.10 bits per heavy atom. The minimum absolute atomic E-state index is 0.0431. The van der Waals surface area contributed by atoms with Crippen LogP contribution in [0.5, 0.6) is 11.5 Å². The Labute approximate surface area is 120 Å². The molecule has 0 aliphatic carbocycles. The molecule has 0 bridgehead atoms. The number of carbonyl (C=O) groups is 1. The highest BCUT2D eigenvalue weighted by molar-refractivity contribution is 5.75. The van der Waals surface area contributed by atoms with Gasteiger partial charge in [0.15, 0.2) is 11.5 Å². The molecule has 1 aromatic carbocycles. The van der Waals surface area contributed by atoms with E-state index in [1.807, 2.05) is 6.07 Å². The normalized spacial score (nSPS) is 14.1. The van der Waals surface area contributed by atoms with Gasteiger partial charge in [0.1, 0.15) is 0 Å². The van der Waals surface area contributed by atoms with E-state index in [9.17, 15) is 9.59 Å². The monoisotopic (exact) mass is 289 g/mol. The van der Waals surface area contributed by atoms with Crippen molar-refractivity contribution in [3.8, 4) is 11.5 Å². The van der Waals surface area contributed by atoms with E-state index < -0.39 is 11.8 Å². The lowest BCUT2D eigenvalue weighted by Gasteiger charge is -2.15. The summed E-state index contributed by atoms with van der Waals surface area (Å²) < 4.78 is 10.6. The van der Waals surface area contributed by atoms with Crippen molar-refractivity contribution in [2.24, 2.45) is 5.73 Å². The highest BCUT2D eigenvalue weighted by Gasteiger charge is 2.25. The maximum absolute atomic E-state index is 12.0. The number of hydrogen-bond acceptors (Lipinski definition) is 4. The largest absolute Gasteiger partial charge is 0.454 e. The maximum atomic E-state index is 12.0. The fourth-order valence-corrected chi connectivity index (χ4v) is 2.59. The predicted molar refractivity (Wildman–Crippen MR) is 74.4 cm³/mol. The first-order chi connectivity index (χ1) is 10.1. The molecule has 2 heterocycles. The Morgan fingerprint density at radius 3 is 2.76 bits per heavy atom. The number of aromatic nitrogens is 2. The van der Waals surface area contributed by atoms with Crippen LogP contribution in [0.2, 0.25) is 0 Å². The molecule has 110 valence electrons. The molecule has 1 aliphatic rings. The molecule has 0 spiro atoms. The smallest absolute Gasteiger partial charge is 0.267 e. The van der Waals surface area contributed by atoms with Crippen molar-refractivity contribution < 1.29 is 14.3 Å². The summed E-state index contributed by atoms with van der Waals surface area (Å²) in [4.78, 5) is 23.4. The van der Waals surface area contributed by atoms with Gasteiger partial charge in [-0.2, -0.15) is 0 Å². The second kappa shape index (κ2) is 5.01. The van der Waals surface area contributed by atoms with E-state index in [1.54, 1.807) is 19.1 Å². The molecule has 1 aromatic heterocycles. The van der Waals surface area contributed by atoms with Gasteiger partial charge in [-0.3, -0.25) is 14.7 Å². The lowest BCUT2D eigenvalue weighted by Crippen LogP contribution is -2.20. The number of aromatic amines is 2. The van der Waals surface area contributed by atoms with Gasteiger partial charge >= 0.3 is 0 Å². The quantitative estimate of drug-likeness (QED) is 0.771. The van der Waals surface area contributed by atoms with Crippen molar-refractivity contribution in [1.29, 1.82) is 0 Å². The first kappa shape index (κ1) is 13.3. The maximum Gasteiger partial charge on any atom is 0.267 e. The SMILES string of the molecule is Cc1[nH][nH]c(=O)c1[C@@H](CC(N)=O)c1ccc2c(c1)OCO2. The van der Waals surface area contributed by atoms with Crippen LogP contribution in [-0.4, -0.2) is 22.9 Å². The Bertz CT molecular complexity index is 747. The standard InChI is InChI=1S/C14H15N3O4/c1-7-13(14(19)17-16-7)9(5-12(15)18)8-2-3-10-11(4-8)21-6-20-10/h2-4,9H,5-6H2,1H3,(H2,15,18)(H2,16,17,19)/t9-/m0/s1. The molecule has 0 unspecified atom stereocenters. The summed E-state index contributed by atoms with van der Waals surface area (Å²) in [6.45, 7) is 1.94. The zero-order valence-corrected chi connectivity index (χ0v) is 11.4. The zero-order valence-electron chi connectivity index (χ0n) is 11.4. The molecule has 4 N–H and O–H groups in total. The summed E-state index contributed by atoms with van der Waals surface area (Å²) in [5, 5.41) is 5.29. The molecule has 0 radical (unpaired) electrons. The second-order valence-electron chi connectivity index (χ2n) is 4.95. The molecule has 3 rings (SSSR count). The molecule has 0 fully saturated rings. The van der Waals surface area contributed by atoms with Crippen molar-refractivity contribution >= 4 is 5.91 Å². The molecular weight excluding hydrogens is 274 g/mol. The number of H-pyrrole nitrogens is 2. The summed E-state index contributed by atoms with van der Waals surface area (Å²) in [7, 11) is 0. The van der Waals surface area contributed by atoms with Gasteiger partial charge in [-0.05, 0) is 24.6 Å². The number of ether oxygens (including phenoxy) is 2. The fourth-order valence-electron chi connectivity index (χ4n) is 2.59. The van der Waals surface area contributed by atoms with Crippen molar-refractivity contribution in [2.75, 3.05) is 6.79 Å². The number of amides is 1. The van der Waals surface area contributed by atoms with E-state index >= 15 is 0 Å². The number of benzene rings is 1. The number of nitrogens with two attached hydrogens (primary N) is 1. The Hall–Kier alpha value is -2.70. The van der Waals surface area contributed by atoms with Gasteiger partial charge in [0.2, 0.25) is 12.7 Å². The van der Waals surface area contributed by atoms with Crippen LogP contribution in [0.15, 0.2) is 23.0 Å². The van der Waals surface area contributed by atoms with Crippen molar-refractivity contribution in [3.05, 3.63) is 45.4 Å². The topological polar surface area (TPSA) is 110 Å². The summed E-state index contributed by atoms with van der Waals surface area (Å²) in [6.07, 6.45) is 0.0431. The average molecular weight is 289 g/mol. The van der Waals surface area contributed by atoms with E-state index in [4.69, 9.17) is 15.2 Å². The number of aryl methyl sites for hydroxylation is 1. The Kier molecular flexibility index (Phi) is 3.17. The predicted octanol–water partition coefficient (Wildman–Crippen LogP) is 0.747. The van der Waals surface area contributed by atoms with Gasteiger partial charge in [-0.1, -0.05) is 6.07 Å². The van der Waals surface area contributed by atoms with Crippen LogP contribution in [0.3, 0.4) is 0 Å². The molecule has 0 saturated carbocycles. The third-order valence-corrected chi connectivity index (χ3v) is 3.56. The summed E-state index contributed by atoms with van der Waals surface area (Å²) in [5.74, 6) is 0.354. The van der Waals surface area contributed by atoms with Gasteiger partial charge in [-0.15, -0.1) is 0 Å². The fraction of sp³-hybridized carbons (Fsp3) is 0.286. The minimum atomic E-state index is -0.474. The Morgan fingerprint density at radius 1 is 1.33 bits per heavy atom. The number of fused-ring (bicyclic) bond motifs is 1. The molecule has 1 aliphatic heterocycles. The van der Waals surface area contributed by atoms with E-state index in [0.29, 0.717) is 22.8 Å². The van der Waals surface area contributed by atoms with Crippen LogP contribution in [0.1, 0.15) is 29.2 Å². The van der Waals surface area contributed by atoms with Crippen molar-refractivity contribution in [3.63, 3.8) is 0 Å². The van der Waals surface area contributed by atoms with E-state index in [0.717, 1.165) is 5.56 Å². The van der Waals surface area contributed by atoms with Gasteiger partial charge in [-0.25, -0.2) is 0 Å². The molecule has 2 aromatic rings. The molecule has 7 nitrogen and oxygen atoms in total. The summed E-state index contributed by atoms with van der Waals surface area (Å²) in [6, 6.07) is 5.36.